The van der Waals surface area contributed by atoms with Gasteiger partial charge >= 0.3 is 0 Å². The van der Waals surface area contributed by atoms with Crippen molar-refractivity contribution < 1.29 is 4.79 Å². The Kier molecular flexibility index (Phi) is 2.95. The van der Waals surface area contributed by atoms with Crippen molar-refractivity contribution in [2.24, 2.45) is 0 Å². The van der Waals surface area contributed by atoms with Crippen molar-refractivity contribution in [2.45, 2.75) is 0 Å². The number of anilines is 1. The topological polar surface area (TPSA) is 29.1 Å². The fourth-order valence-electron chi connectivity index (χ4n) is 0.741. The Morgan fingerprint density at radius 1 is 1.42 bits per heavy atom. The summed E-state index contributed by atoms with van der Waals surface area (Å²) in [7, 11) is 0. The Morgan fingerprint density at radius 2 is 2.08 bits per heavy atom. The predicted octanol–water partition coefficient (Wildman–Crippen LogP) is 2.77. The van der Waals surface area contributed by atoms with Crippen LogP contribution in [0.2, 0.25) is 10.0 Å². The molecule has 1 aromatic carbocycles. The molecule has 4 heteroatoms. The van der Waals surface area contributed by atoms with Gasteiger partial charge in [0.15, 0.2) is 0 Å². The van der Waals surface area contributed by atoms with Crippen LogP contribution in [0.15, 0.2) is 18.2 Å². The number of carbonyl (C=O) groups excluding carboxylic acids is 1. The highest BCUT2D eigenvalue weighted by Crippen LogP contribution is 2.24. The summed E-state index contributed by atoms with van der Waals surface area (Å²) in [4.78, 5) is 10.5. The lowest BCUT2D eigenvalue weighted by molar-refractivity contribution is -0.112. The summed E-state index contributed by atoms with van der Waals surface area (Å²) in [6.45, 7) is 3.16. The second kappa shape index (κ2) is 3.78. The number of carbonyl (C=O) groups is 1. The number of amides is 1. The van der Waals surface area contributed by atoms with Crippen LogP contribution in [0.3, 0.4) is 0 Å². The van der Waals surface area contributed by atoms with Gasteiger partial charge in [-0.15, -0.1) is 0 Å². The van der Waals surface area contributed by atoms with Gasteiger partial charge in [-0.3, -0.25) is 4.79 Å². The number of hydrogen-bond donors (Lipinski definition) is 1. The van der Waals surface area contributed by atoms with Crippen LogP contribution in [-0.4, -0.2) is 5.91 Å². The first-order chi connectivity index (χ1) is 5.59. The van der Waals surface area contributed by atoms with Gasteiger partial charge < -0.3 is 5.32 Å². The molecule has 1 rings (SSSR count). The molecule has 0 atom stereocenters. The summed E-state index contributed by atoms with van der Waals surface area (Å²) in [5, 5.41) is 3.39. The minimum atomic E-state index is -0.403. The summed E-state index contributed by atoms with van der Waals surface area (Å²) in [5.74, 6) is -0.403. The SMILES string of the molecule is [CH2]C(=O)Nc1ccc(Cl)cc1Cl. The molecule has 0 aromatic heterocycles. The lowest BCUT2D eigenvalue weighted by Gasteiger charge is -2.03. The third-order valence-electron chi connectivity index (χ3n) is 1.21. The first kappa shape index (κ1) is 9.36. The molecule has 0 bridgehead atoms. The Bertz CT molecular complexity index is 312. The van der Waals surface area contributed by atoms with E-state index in [2.05, 4.69) is 12.2 Å². The Morgan fingerprint density at radius 3 is 2.58 bits per heavy atom. The zero-order valence-corrected chi connectivity index (χ0v) is 7.62. The van der Waals surface area contributed by atoms with Crippen LogP contribution >= 0.6 is 23.2 Å². The number of benzene rings is 1. The number of hydrogen-bond acceptors (Lipinski definition) is 1. The van der Waals surface area contributed by atoms with E-state index in [9.17, 15) is 4.79 Å². The van der Waals surface area contributed by atoms with Gasteiger partial charge in [0.2, 0.25) is 5.91 Å². The molecular formula is C8H6Cl2NO. The van der Waals surface area contributed by atoms with Crippen LogP contribution in [0.5, 0.6) is 0 Å². The molecule has 0 saturated carbocycles. The standard InChI is InChI=1S/C8H6Cl2NO/c1-5(12)11-8-3-2-6(9)4-7(8)10/h2-4H,1H2,(H,11,12). The van der Waals surface area contributed by atoms with Crippen molar-refractivity contribution in [2.75, 3.05) is 5.32 Å². The van der Waals surface area contributed by atoms with Gasteiger partial charge in [0.1, 0.15) is 0 Å². The van der Waals surface area contributed by atoms with Crippen molar-refractivity contribution in [1.82, 2.24) is 0 Å². The van der Waals surface area contributed by atoms with E-state index in [-0.39, 0.29) is 0 Å². The molecule has 0 saturated heterocycles. The van der Waals surface area contributed by atoms with Crippen LogP contribution in [0.25, 0.3) is 0 Å². The second-order valence-electron chi connectivity index (χ2n) is 2.17. The van der Waals surface area contributed by atoms with Crippen molar-refractivity contribution >= 4 is 34.8 Å². The monoisotopic (exact) mass is 202 g/mol. The molecule has 0 unspecified atom stereocenters. The molecule has 0 spiro atoms. The maximum atomic E-state index is 10.5. The third kappa shape index (κ3) is 2.40. The van der Waals surface area contributed by atoms with E-state index in [1.54, 1.807) is 18.2 Å². The van der Waals surface area contributed by atoms with Crippen LogP contribution in [0, 0.1) is 6.92 Å². The third-order valence-corrected chi connectivity index (χ3v) is 1.75. The first-order valence-electron chi connectivity index (χ1n) is 3.17. The molecule has 2 nitrogen and oxygen atoms in total. The zero-order valence-electron chi connectivity index (χ0n) is 6.10. The van der Waals surface area contributed by atoms with Crippen molar-refractivity contribution in [3.05, 3.63) is 35.2 Å². The Balaban J connectivity index is 2.93. The molecule has 1 amide bonds. The van der Waals surface area contributed by atoms with Crippen molar-refractivity contribution in [3.8, 4) is 0 Å². The van der Waals surface area contributed by atoms with E-state index in [4.69, 9.17) is 23.2 Å². The average molecular weight is 203 g/mol. The molecule has 1 N–H and O–H groups in total. The van der Waals surface area contributed by atoms with Gasteiger partial charge in [-0.05, 0) is 18.2 Å². The van der Waals surface area contributed by atoms with Crippen LogP contribution < -0.4 is 5.32 Å². The quantitative estimate of drug-likeness (QED) is 0.746. The highest BCUT2D eigenvalue weighted by molar-refractivity contribution is 6.36. The summed E-state index contributed by atoms with van der Waals surface area (Å²) in [5.41, 5.74) is 0.515. The fourth-order valence-corrected chi connectivity index (χ4v) is 1.20. The molecule has 0 aliphatic rings. The van der Waals surface area contributed by atoms with Gasteiger partial charge in [-0.25, -0.2) is 0 Å². The summed E-state index contributed by atoms with van der Waals surface area (Å²) < 4.78 is 0. The highest BCUT2D eigenvalue weighted by atomic mass is 35.5. The maximum absolute atomic E-state index is 10.5. The number of halogens is 2. The van der Waals surface area contributed by atoms with Gasteiger partial charge in [0, 0.05) is 11.9 Å². The van der Waals surface area contributed by atoms with Crippen LogP contribution in [0.4, 0.5) is 5.69 Å². The van der Waals surface area contributed by atoms with Gasteiger partial charge in [-0.1, -0.05) is 23.2 Å². The Hall–Kier alpha value is -0.730. The minimum absolute atomic E-state index is 0.402. The molecule has 0 fully saturated rings. The molecular weight excluding hydrogens is 197 g/mol. The van der Waals surface area contributed by atoms with E-state index in [1.807, 2.05) is 0 Å². The molecule has 0 heterocycles. The van der Waals surface area contributed by atoms with Gasteiger partial charge in [-0.2, -0.15) is 0 Å². The lowest BCUT2D eigenvalue weighted by Crippen LogP contribution is -2.06. The fraction of sp³-hybridized carbons (Fsp3) is 0. The van der Waals surface area contributed by atoms with Gasteiger partial charge in [0.25, 0.3) is 0 Å². The predicted molar refractivity (Wildman–Crippen MR) is 50.4 cm³/mol. The molecule has 12 heavy (non-hydrogen) atoms. The molecule has 0 aliphatic heterocycles. The van der Waals surface area contributed by atoms with Crippen molar-refractivity contribution in [3.63, 3.8) is 0 Å². The molecule has 1 radical (unpaired) electrons. The van der Waals surface area contributed by atoms with E-state index in [0.717, 1.165) is 0 Å². The number of rotatable bonds is 1. The Labute approximate surface area is 80.5 Å². The molecule has 1 aromatic rings. The summed E-state index contributed by atoms with van der Waals surface area (Å²) in [6, 6.07) is 4.81. The zero-order chi connectivity index (χ0) is 9.14. The lowest BCUT2D eigenvalue weighted by atomic mass is 10.3. The average Bonchev–Trinajstić information content (AvgIpc) is 1.94. The normalized spacial score (nSPS) is 9.58. The largest absolute Gasteiger partial charge is 0.325 e. The highest BCUT2D eigenvalue weighted by Gasteiger charge is 2.01. The van der Waals surface area contributed by atoms with E-state index < -0.39 is 5.91 Å². The summed E-state index contributed by atoms with van der Waals surface area (Å²) in [6.07, 6.45) is 0. The van der Waals surface area contributed by atoms with Gasteiger partial charge in [0.05, 0.1) is 10.7 Å². The smallest absolute Gasteiger partial charge is 0.224 e. The van der Waals surface area contributed by atoms with Crippen LogP contribution in [0.1, 0.15) is 0 Å². The number of nitrogens with one attached hydrogen (secondary N) is 1. The van der Waals surface area contributed by atoms with E-state index >= 15 is 0 Å². The van der Waals surface area contributed by atoms with Crippen molar-refractivity contribution in [1.29, 1.82) is 0 Å². The minimum Gasteiger partial charge on any atom is -0.325 e. The molecule has 63 valence electrons. The van der Waals surface area contributed by atoms with E-state index in [0.29, 0.717) is 15.7 Å². The first-order valence-corrected chi connectivity index (χ1v) is 3.93. The van der Waals surface area contributed by atoms with E-state index in [1.165, 1.54) is 0 Å². The maximum Gasteiger partial charge on any atom is 0.224 e. The summed E-state index contributed by atoms with van der Waals surface area (Å²) >= 11 is 11.4. The second-order valence-corrected chi connectivity index (χ2v) is 3.02. The van der Waals surface area contributed by atoms with Crippen LogP contribution in [-0.2, 0) is 4.79 Å². The molecule has 0 aliphatic carbocycles.